The van der Waals surface area contributed by atoms with Gasteiger partial charge in [-0.3, -0.25) is 14.6 Å². The van der Waals surface area contributed by atoms with Gasteiger partial charge < -0.3 is 14.8 Å². The molecule has 0 bridgehead atoms. The normalized spacial score (nSPS) is 16.8. The molecular formula is C16H20N6O2. The van der Waals surface area contributed by atoms with E-state index in [9.17, 15) is 9.59 Å². The first kappa shape index (κ1) is 16.1. The summed E-state index contributed by atoms with van der Waals surface area (Å²) >= 11 is 0. The SMILES string of the molecule is CC(C)NC(=O)c1cn2c(n1)C(C)N(C(=O)c1cnccn1)CC2. The molecule has 0 aromatic carbocycles. The number of aromatic nitrogens is 4. The van der Waals surface area contributed by atoms with Crippen LogP contribution in [-0.4, -0.2) is 48.8 Å². The molecule has 8 nitrogen and oxygen atoms in total. The molecule has 126 valence electrons. The average molecular weight is 328 g/mol. The molecule has 0 aliphatic carbocycles. The summed E-state index contributed by atoms with van der Waals surface area (Å²) in [5.41, 5.74) is 0.682. The van der Waals surface area contributed by atoms with E-state index in [1.807, 2.05) is 25.3 Å². The minimum atomic E-state index is -0.242. The third kappa shape index (κ3) is 2.99. The van der Waals surface area contributed by atoms with Gasteiger partial charge in [-0.1, -0.05) is 0 Å². The Morgan fingerprint density at radius 1 is 1.25 bits per heavy atom. The van der Waals surface area contributed by atoms with Gasteiger partial charge in [0.2, 0.25) is 0 Å². The van der Waals surface area contributed by atoms with Crippen LogP contribution in [0, 0.1) is 0 Å². The van der Waals surface area contributed by atoms with Crippen LogP contribution in [0.1, 0.15) is 53.6 Å². The van der Waals surface area contributed by atoms with E-state index < -0.39 is 0 Å². The molecular weight excluding hydrogens is 308 g/mol. The predicted octanol–water partition coefficient (Wildman–Crippen LogP) is 1.03. The maximum Gasteiger partial charge on any atom is 0.274 e. The summed E-state index contributed by atoms with van der Waals surface area (Å²) in [6.07, 6.45) is 6.23. The third-order valence-corrected chi connectivity index (χ3v) is 3.93. The van der Waals surface area contributed by atoms with E-state index in [0.717, 1.165) is 0 Å². The van der Waals surface area contributed by atoms with Gasteiger partial charge in [0, 0.05) is 37.7 Å². The lowest BCUT2D eigenvalue weighted by Crippen LogP contribution is -2.41. The fourth-order valence-corrected chi connectivity index (χ4v) is 2.77. The van der Waals surface area contributed by atoms with Gasteiger partial charge in [-0.05, 0) is 20.8 Å². The first-order valence-corrected chi connectivity index (χ1v) is 7.92. The Morgan fingerprint density at radius 2 is 2.04 bits per heavy atom. The Morgan fingerprint density at radius 3 is 2.71 bits per heavy atom. The number of rotatable bonds is 3. The van der Waals surface area contributed by atoms with Crippen LogP contribution in [0.3, 0.4) is 0 Å². The van der Waals surface area contributed by atoms with Gasteiger partial charge in [-0.15, -0.1) is 0 Å². The summed E-state index contributed by atoms with van der Waals surface area (Å²) in [5.74, 6) is 0.316. The largest absolute Gasteiger partial charge is 0.348 e. The van der Waals surface area contributed by atoms with E-state index in [0.29, 0.717) is 30.3 Å². The second-order valence-electron chi connectivity index (χ2n) is 6.07. The summed E-state index contributed by atoms with van der Waals surface area (Å²) in [5, 5.41) is 2.83. The van der Waals surface area contributed by atoms with Crippen LogP contribution in [0.5, 0.6) is 0 Å². The number of fused-ring (bicyclic) bond motifs is 1. The smallest absolute Gasteiger partial charge is 0.274 e. The molecule has 0 saturated heterocycles. The van der Waals surface area contributed by atoms with Crippen molar-refractivity contribution in [3.05, 3.63) is 42.0 Å². The zero-order chi connectivity index (χ0) is 17.3. The molecule has 3 rings (SSSR count). The maximum atomic E-state index is 12.6. The molecule has 1 atom stereocenters. The predicted molar refractivity (Wildman–Crippen MR) is 86.3 cm³/mol. The molecule has 8 heteroatoms. The van der Waals surface area contributed by atoms with Crippen molar-refractivity contribution in [3.63, 3.8) is 0 Å². The van der Waals surface area contributed by atoms with Crippen molar-refractivity contribution in [3.8, 4) is 0 Å². The highest BCUT2D eigenvalue weighted by Gasteiger charge is 2.31. The number of nitrogens with zero attached hydrogens (tertiary/aromatic N) is 5. The molecule has 0 radical (unpaired) electrons. The fraction of sp³-hybridized carbons (Fsp3) is 0.438. The number of carbonyl (C=O) groups is 2. The quantitative estimate of drug-likeness (QED) is 0.908. The van der Waals surface area contributed by atoms with Crippen molar-refractivity contribution in [1.29, 1.82) is 0 Å². The number of imidazole rings is 1. The molecule has 1 aliphatic heterocycles. The van der Waals surface area contributed by atoms with Crippen LogP contribution in [0.4, 0.5) is 0 Å². The molecule has 0 spiro atoms. The van der Waals surface area contributed by atoms with Crippen LogP contribution < -0.4 is 5.32 Å². The highest BCUT2D eigenvalue weighted by atomic mass is 16.2. The molecule has 0 fully saturated rings. The van der Waals surface area contributed by atoms with Gasteiger partial charge in [0.25, 0.3) is 11.8 Å². The van der Waals surface area contributed by atoms with Gasteiger partial charge in [0.1, 0.15) is 17.2 Å². The molecule has 1 N–H and O–H groups in total. The monoisotopic (exact) mass is 328 g/mol. The minimum absolute atomic E-state index is 0.0448. The van der Waals surface area contributed by atoms with Crippen molar-refractivity contribution >= 4 is 11.8 Å². The average Bonchev–Trinajstić information content (AvgIpc) is 3.00. The number of nitrogens with one attached hydrogen (secondary N) is 1. The standard InChI is InChI=1S/C16H20N6O2/c1-10(2)19-15(23)13-9-21-6-7-22(11(3)14(21)20-13)16(24)12-8-17-4-5-18-12/h4-5,8-11H,6-7H2,1-3H3,(H,19,23). The van der Waals surface area contributed by atoms with E-state index >= 15 is 0 Å². The van der Waals surface area contributed by atoms with Crippen molar-refractivity contribution < 1.29 is 9.59 Å². The van der Waals surface area contributed by atoms with Crippen molar-refractivity contribution in [2.75, 3.05) is 6.54 Å². The van der Waals surface area contributed by atoms with Crippen molar-refractivity contribution in [2.45, 2.75) is 39.4 Å². The second kappa shape index (κ2) is 6.38. The molecule has 2 aromatic rings. The van der Waals surface area contributed by atoms with Gasteiger partial charge >= 0.3 is 0 Å². The number of hydrogen-bond donors (Lipinski definition) is 1. The van der Waals surface area contributed by atoms with Crippen molar-refractivity contribution in [2.24, 2.45) is 0 Å². The second-order valence-corrected chi connectivity index (χ2v) is 6.07. The summed E-state index contributed by atoms with van der Waals surface area (Å²) < 4.78 is 1.93. The molecule has 0 saturated carbocycles. The molecule has 2 aromatic heterocycles. The lowest BCUT2D eigenvalue weighted by molar-refractivity contribution is 0.0631. The van der Waals surface area contributed by atoms with E-state index in [1.54, 1.807) is 11.1 Å². The topological polar surface area (TPSA) is 93.0 Å². The lowest BCUT2D eigenvalue weighted by Gasteiger charge is -2.33. The van der Waals surface area contributed by atoms with E-state index in [-0.39, 0.29) is 23.9 Å². The van der Waals surface area contributed by atoms with Gasteiger partial charge in [-0.2, -0.15) is 0 Å². The Hall–Kier alpha value is -2.77. The molecule has 24 heavy (non-hydrogen) atoms. The summed E-state index contributed by atoms with van der Waals surface area (Å²) in [6.45, 7) is 6.82. The Labute approximate surface area is 139 Å². The Kier molecular flexibility index (Phi) is 4.28. The molecule has 3 heterocycles. The first-order valence-electron chi connectivity index (χ1n) is 7.92. The van der Waals surface area contributed by atoms with Crippen LogP contribution in [0.25, 0.3) is 0 Å². The number of amides is 2. The lowest BCUT2D eigenvalue weighted by atomic mass is 10.2. The van der Waals surface area contributed by atoms with Gasteiger partial charge in [0.05, 0.1) is 12.2 Å². The van der Waals surface area contributed by atoms with Gasteiger partial charge in [-0.25, -0.2) is 9.97 Å². The highest BCUT2D eigenvalue weighted by Crippen LogP contribution is 2.25. The van der Waals surface area contributed by atoms with Crippen molar-refractivity contribution in [1.82, 2.24) is 29.7 Å². The number of carbonyl (C=O) groups excluding carboxylic acids is 2. The van der Waals surface area contributed by atoms with E-state index in [4.69, 9.17) is 0 Å². The highest BCUT2D eigenvalue weighted by molar-refractivity contribution is 5.93. The summed E-state index contributed by atoms with van der Waals surface area (Å²) in [7, 11) is 0. The van der Waals surface area contributed by atoms with Crippen LogP contribution in [-0.2, 0) is 6.54 Å². The summed E-state index contributed by atoms with van der Waals surface area (Å²) in [4.78, 5) is 38.9. The summed E-state index contributed by atoms with van der Waals surface area (Å²) in [6, 6.07) is -0.197. The first-order chi connectivity index (χ1) is 11.5. The Bertz CT molecular complexity index is 755. The zero-order valence-corrected chi connectivity index (χ0v) is 13.9. The zero-order valence-electron chi connectivity index (χ0n) is 13.9. The van der Waals surface area contributed by atoms with Crippen LogP contribution in [0.2, 0.25) is 0 Å². The fourth-order valence-electron chi connectivity index (χ4n) is 2.77. The van der Waals surface area contributed by atoms with Gasteiger partial charge in [0.15, 0.2) is 0 Å². The van der Waals surface area contributed by atoms with Crippen LogP contribution in [0.15, 0.2) is 24.8 Å². The molecule has 1 aliphatic rings. The maximum absolute atomic E-state index is 12.6. The number of hydrogen-bond acceptors (Lipinski definition) is 5. The molecule has 1 unspecified atom stereocenters. The Balaban J connectivity index is 1.83. The molecule has 2 amide bonds. The third-order valence-electron chi connectivity index (χ3n) is 3.93. The van der Waals surface area contributed by atoms with E-state index in [2.05, 4.69) is 20.3 Å². The minimum Gasteiger partial charge on any atom is -0.348 e. The van der Waals surface area contributed by atoms with Crippen LogP contribution >= 0.6 is 0 Å². The van der Waals surface area contributed by atoms with E-state index in [1.165, 1.54) is 18.6 Å².